The van der Waals surface area contributed by atoms with Gasteiger partial charge in [-0.1, -0.05) is 193 Å². The van der Waals surface area contributed by atoms with Crippen molar-refractivity contribution in [3.05, 3.63) is 85.5 Å². The van der Waals surface area contributed by atoms with E-state index in [0.717, 1.165) is 57.1 Å². The van der Waals surface area contributed by atoms with Gasteiger partial charge in [-0.2, -0.15) is 0 Å². The molecule has 0 fully saturated rings. The lowest BCUT2D eigenvalue weighted by Crippen LogP contribution is -1.97. The molecule has 5 aromatic heterocycles. The van der Waals surface area contributed by atoms with E-state index in [-0.39, 0.29) is 0 Å². The smallest absolute Gasteiger partial charge is 0.116 e. The molecule has 0 aliphatic heterocycles. The summed E-state index contributed by atoms with van der Waals surface area (Å²) in [6.07, 6.45) is 43.8. The van der Waals surface area contributed by atoms with E-state index in [0.29, 0.717) is 0 Å². The summed E-state index contributed by atoms with van der Waals surface area (Å²) in [4.78, 5) is 31.5. The number of aromatic nitrogens is 6. The van der Waals surface area contributed by atoms with Gasteiger partial charge in [-0.3, -0.25) is 9.97 Å². The molecule has 6 nitrogen and oxygen atoms in total. The van der Waals surface area contributed by atoms with Gasteiger partial charge >= 0.3 is 0 Å². The minimum absolute atomic E-state index is 0.780. The van der Waals surface area contributed by atoms with Crippen LogP contribution < -0.4 is 0 Å². The van der Waals surface area contributed by atoms with Crippen molar-refractivity contribution in [1.29, 1.82) is 0 Å². The maximum atomic E-state index is 5.12. The Balaban J connectivity index is 1.14. The summed E-state index contributed by atoms with van der Waals surface area (Å²) >= 11 is 3.82. The molecular weight excluding hydrogens is 821 g/mol. The van der Waals surface area contributed by atoms with Crippen LogP contribution >= 0.6 is 23.5 Å². The first-order valence-electron chi connectivity index (χ1n) is 25.7. The highest BCUT2D eigenvalue weighted by Crippen LogP contribution is 2.33. The fourth-order valence-electron chi connectivity index (χ4n) is 8.34. The van der Waals surface area contributed by atoms with Crippen LogP contribution in [0.3, 0.4) is 0 Å². The molecule has 0 amide bonds. The lowest BCUT2D eigenvalue weighted by Gasteiger charge is -2.11. The average Bonchev–Trinajstić information content (AvgIpc) is 3.34. The van der Waals surface area contributed by atoms with Crippen LogP contribution in [0.4, 0.5) is 0 Å². The van der Waals surface area contributed by atoms with E-state index in [1.54, 1.807) is 6.33 Å². The highest BCUT2D eigenvalue weighted by atomic mass is 32.2. The second kappa shape index (κ2) is 32.9. The number of thioether (sulfide) groups is 2. The topological polar surface area (TPSA) is 77.3 Å². The lowest BCUT2D eigenvalue weighted by atomic mass is 10.0. The number of nitrogens with zero attached hydrogens (tertiary/aromatic N) is 6. The van der Waals surface area contributed by atoms with Gasteiger partial charge in [-0.05, 0) is 78.9 Å². The minimum Gasteiger partial charge on any atom is -0.255 e. The third-order valence-electron chi connectivity index (χ3n) is 12.2. The summed E-state index contributed by atoms with van der Waals surface area (Å²) < 4.78 is 0. The van der Waals surface area contributed by atoms with E-state index in [1.807, 2.05) is 78.4 Å². The molecule has 0 radical (unpaired) electrons. The fourth-order valence-corrected chi connectivity index (χ4v) is 10.3. The third-order valence-corrected chi connectivity index (χ3v) is 14.3. The van der Waals surface area contributed by atoms with Crippen LogP contribution in [-0.2, 0) is 0 Å². The van der Waals surface area contributed by atoms with Gasteiger partial charge in [0.05, 0.1) is 45.6 Å². The zero-order chi connectivity index (χ0) is 44.5. The van der Waals surface area contributed by atoms with E-state index < -0.39 is 0 Å². The molecule has 0 unspecified atom stereocenters. The summed E-state index contributed by atoms with van der Waals surface area (Å²) in [5, 5.41) is 0. The van der Waals surface area contributed by atoms with Gasteiger partial charge in [0.2, 0.25) is 0 Å². The van der Waals surface area contributed by atoms with Gasteiger partial charge in [0.1, 0.15) is 6.33 Å². The van der Waals surface area contributed by atoms with Crippen molar-refractivity contribution in [2.24, 2.45) is 0 Å². The van der Waals surface area contributed by atoms with Crippen molar-refractivity contribution >= 4 is 23.5 Å². The number of unbranched alkanes of at least 4 members (excludes halogenated alkanes) is 26. The van der Waals surface area contributed by atoms with Crippen molar-refractivity contribution in [1.82, 2.24) is 29.9 Å². The molecule has 5 aromatic rings. The monoisotopic (exact) mass is 901 g/mol. The van der Waals surface area contributed by atoms with Crippen molar-refractivity contribution in [3.63, 3.8) is 0 Å². The van der Waals surface area contributed by atoms with E-state index in [2.05, 4.69) is 48.1 Å². The standard InChI is InChI=1S/C56H80N6S2/c1-3-5-7-9-11-13-15-17-19-21-23-25-27-33-39-63-47-41-53(49-35-29-31-37-57-49)61-55(43-47)51-45-52(60-46-59-51)56-44-48(42-54(62-56)50-36-30-32-38-58-50)64-40-34-28-26-24-22-20-18-16-14-12-10-8-6-4-2/h29-32,35-38,41-46H,3-28,33-34,39-40H2,1-2H3. The first kappa shape index (κ1) is 51.4. The van der Waals surface area contributed by atoms with Crippen molar-refractivity contribution in [3.8, 4) is 45.6 Å². The molecule has 0 atom stereocenters. The fraction of sp³-hybridized carbons (Fsp3) is 0.571. The molecule has 0 saturated heterocycles. The van der Waals surface area contributed by atoms with Crippen LogP contribution in [0.1, 0.15) is 194 Å². The van der Waals surface area contributed by atoms with Crippen LogP contribution in [0.2, 0.25) is 0 Å². The predicted molar refractivity (Wildman–Crippen MR) is 277 cm³/mol. The van der Waals surface area contributed by atoms with E-state index >= 15 is 0 Å². The Bertz CT molecular complexity index is 1800. The zero-order valence-corrected chi connectivity index (χ0v) is 41.4. The number of hydrogen-bond acceptors (Lipinski definition) is 8. The summed E-state index contributed by atoms with van der Waals surface area (Å²) in [5.74, 6) is 2.17. The maximum Gasteiger partial charge on any atom is 0.116 e. The molecule has 5 heterocycles. The highest BCUT2D eigenvalue weighted by molar-refractivity contribution is 7.99. The molecule has 0 saturated carbocycles. The molecule has 5 rings (SSSR count). The minimum atomic E-state index is 0.780. The van der Waals surface area contributed by atoms with Crippen molar-refractivity contribution < 1.29 is 0 Å². The third kappa shape index (κ3) is 20.7. The van der Waals surface area contributed by atoms with Gasteiger partial charge in [-0.25, -0.2) is 19.9 Å². The summed E-state index contributed by atoms with van der Waals surface area (Å²) in [5.41, 5.74) is 6.65. The SMILES string of the molecule is CCCCCCCCCCCCCCCCSc1cc(-c2ccccn2)nc(-c2cc(-c3cc(SCCCCCCCCCCCCCCCC)cc(-c4ccccn4)n3)ncn2)c1. The Kier molecular flexibility index (Phi) is 26.4. The Hall–Kier alpha value is -3.62. The molecule has 0 bridgehead atoms. The van der Waals surface area contributed by atoms with Crippen molar-refractivity contribution in [2.75, 3.05) is 11.5 Å². The Labute approximate surface area is 397 Å². The van der Waals surface area contributed by atoms with Gasteiger partial charge in [0.25, 0.3) is 0 Å². The van der Waals surface area contributed by atoms with E-state index in [4.69, 9.17) is 19.9 Å². The van der Waals surface area contributed by atoms with Gasteiger partial charge in [0.15, 0.2) is 0 Å². The highest BCUT2D eigenvalue weighted by Gasteiger charge is 2.14. The first-order chi connectivity index (χ1) is 31.7. The van der Waals surface area contributed by atoms with Crippen LogP contribution in [0.15, 0.2) is 95.2 Å². The largest absolute Gasteiger partial charge is 0.255 e. The van der Waals surface area contributed by atoms with Crippen LogP contribution in [0, 0.1) is 0 Å². The summed E-state index contributed by atoms with van der Waals surface area (Å²) in [6.45, 7) is 4.59. The maximum absolute atomic E-state index is 5.12. The van der Waals surface area contributed by atoms with Crippen LogP contribution in [0.25, 0.3) is 45.6 Å². The summed E-state index contributed by atoms with van der Waals surface area (Å²) in [7, 11) is 0. The van der Waals surface area contributed by atoms with E-state index in [1.165, 1.54) is 190 Å². The normalized spacial score (nSPS) is 11.4. The number of rotatable bonds is 36. The zero-order valence-electron chi connectivity index (χ0n) is 39.8. The Morgan fingerprint density at radius 2 is 0.625 bits per heavy atom. The average molecular weight is 901 g/mol. The second-order valence-corrected chi connectivity index (χ2v) is 20.1. The second-order valence-electron chi connectivity index (χ2n) is 17.8. The molecule has 0 aliphatic carbocycles. The molecular formula is C56H80N6S2. The summed E-state index contributed by atoms with van der Waals surface area (Å²) in [6, 6.07) is 22.8. The molecule has 346 valence electrons. The molecule has 0 spiro atoms. The molecule has 0 N–H and O–H groups in total. The van der Waals surface area contributed by atoms with Crippen LogP contribution in [-0.4, -0.2) is 41.4 Å². The Morgan fingerprint density at radius 3 is 0.938 bits per heavy atom. The quantitative estimate of drug-likeness (QED) is 0.0291. The Morgan fingerprint density at radius 1 is 0.312 bits per heavy atom. The first-order valence-corrected chi connectivity index (χ1v) is 27.7. The van der Waals surface area contributed by atoms with E-state index in [9.17, 15) is 0 Å². The number of hydrogen-bond donors (Lipinski definition) is 0. The van der Waals surface area contributed by atoms with Crippen molar-refractivity contribution in [2.45, 2.75) is 203 Å². The van der Waals surface area contributed by atoms with Gasteiger partial charge in [0, 0.05) is 22.2 Å². The molecule has 64 heavy (non-hydrogen) atoms. The number of pyridine rings is 4. The molecule has 0 aromatic carbocycles. The molecule has 8 heteroatoms. The lowest BCUT2D eigenvalue weighted by molar-refractivity contribution is 0.538. The van der Waals surface area contributed by atoms with Crippen LogP contribution in [0.5, 0.6) is 0 Å². The van der Waals surface area contributed by atoms with Gasteiger partial charge < -0.3 is 0 Å². The molecule has 0 aliphatic rings. The van der Waals surface area contributed by atoms with Gasteiger partial charge in [-0.15, -0.1) is 23.5 Å². The predicted octanol–water partition coefficient (Wildman–Crippen LogP) is 17.9.